The lowest BCUT2D eigenvalue weighted by atomic mass is 10.1. The van der Waals surface area contributed by atoms with Gasteiger partial charge in [0, 0.05) is 10.9 Å². The number of methoxy groups -OCH3 is 1. The Hall–Kier alpha value is -3.34. The number of anilines is 1. The summed E-state index contributed by atoms with van der Waals surface area (Å²) in [6, 6.07) is 2.79. The van der Waals surface area contributed by atoms with Crippen molar-refractivity contribution in [3.63, 3.8) is 0 Å². The standard InChI is InChI=1S/C18H17N3O7S/c1-28-18(23)15-12-5-3-2-4-6-14(12)29-17(15)19-16(22)11-8-7-10(20(24)25)9-13(11)21(26)27/h7-9H,2-6H2,1H3,(H,19,22). The van der Waals surface area contributed by atoms with Crippen molar-refractivity contribution >= 4 is 39.6 Å². The van der Waals surface area contributed by atoms with Gasteiger partial charge < -0.3 is 10.1 Å². The average molecular weight is 419 g/mol. The molecule has 1 heterocycles. The van der Waals surface area contributed by atoms with E-state index in [0.29, 0.717) is 6.42 Å². The van der Waals surface area contributed by atoms with Crippen molar-refractivity contribution in [2.75, 3.05) is 12.4 Å². The van der Waals surface area contributed by atoms with Crippen molar-refractivity contribution in [2.24, 2.45) is 0 Å². The monoisotopic (exact) mass is 419 g/mol. The average Bonchev–Trinajstić information content (AvgIpc) is 2.87. The summed E-state index contributed by atoms with van der Waals surface area (Å²) in [5.41, 5.74) is -0.402. The lowest BCUT2D eigenvalue weighted by Crippen LogP contribution is -2.16. The number of thiophene rings is 1. The Labute approximate surface area is 168 Å². The van der Waals surface area contributed by atoms with Gasteiger partial charge in [0.05, 0.1) is 28.6 Å². The first-order valence-electron chi connectivity index (χ1n) is 8.80. The molecule has 0 saturated heterocycles. The molecule has 0 fully saturated rings. The third-order valence-corrected chi connectivity index (χ3v) is 5.88. The predicted molar refractivity (Wildman–Crippen MR) is 105 cm³/mol. The van der Waals surface area contributed by atoms with Crippen LogP contribution in [0.5, 0.6) is 0 Å². The number of hydrogen-bond donors (Lipinski definition) is 1. The van der Waals surface area contributed by atoms with Gasteiger partial charge in [0.1, 0.15) is 10.6 Å². The van der Waals surface area contributed by atoms with E-state index in [1.54, 1.807) is 0 Å². The second-order valence-corrected chi connectivity index (χ2v) is 7.54. The summed E-state index contributed by atoms with van der Waals surface area (Å²) in [6.07, 6.45) is 4.38. The van der Waals surface area contributed by atoms with Gasteiger partial charge in [-0.05, 0) is 37.3 Å². The smallest absolute Gasteiger partial charge is 0.341 e. The summed E-state index contributed by atoms with van der Waals surface area (Å²) in [6.45, 7) is 0. The van der Waals surface area contributed by atoms with Gasteiger partial charge in [-0.15, -0.1) is 11.3 Å². The molecule has 2 aromatic rings. The molecule has 10 nitrogen and oxygen atoms in total. The van der Waals surface area contributed by atoms with Gasteiger partial charge in [-0.2, -0.15) is 0 Å². The third kappa shape index (κ3) is 4.09. The number of nitro groups is 2. The molecule has 0 saturated carbocycles. The van der Waals surface area contributed by atoms with E-state index < -0.39 is 33.1 Å². The number of amides is 1. The topological polar surface area (TPSA) is 142 Å². The highest BCUT2D eigenvalue weighted by Crippen LogP contribution is 2.38. The van der Waals surface area contributed by atoms with Crippen molar-refractivity contribution in [2.45, 2.75) is 32.1 Å². The number of carbonyl (C=O) groups excluding carboxylic acids is 2. The first kappa shape index (κ1) is 20.4. The molecule has 0 bridgehead atoms. The molecule has 152 valence electrons. The fraction of sp³-hybridized carbons (Fsp3) is 0.333. The van der Waals surface area contributed by atoms with Crippen LogP contribution in [-0.4, -0.2) is 28.8 Å². The summed E-state index contributed by atoms with van der Waals surface area (Å²) >= 11 is 1.25. The van der Waals surface area contributed by atoms with Crippen LogP contribution < -0.4 is 5.32 Å². The molecule has 1 amide bonds. The minimum atomic E-state index is -0.854. The number of carbonyl (C=O) groups is 2. The van der Waals surface area contributed by atoms with Crippen LogP contribution in [0.3, 0.4) is 0 Å². The zero-order chi connectivity index (χ0) is 21.1. The lowest BCUT2D eigenvalue weighted by molar-refractivity contribution is -0.394. The van der Waals surface area contributed by atoms with Gasteiger partial charge in [-0.25, -0.2) is 4.79 Å². The minimum absolute atomic E-state index is 0.265. The molecular formula is C18H17N3O7S. The fourth-order valence-electron chi connectivity index (χ4n) is 3.30. The molecule has 3 rings (SSSR count). The van der Waals surface area contributed by atoms with Crippen LogP contribution in [0, 0.1) is 20.2 Å². The number of fused-ring (bicyclic) bond motifs is 1. The van der Waals surface area contributed by atoms with Crippen molar-refractivity contribution in [3.05, 3.63) is 60.0 Å². The molecule has 0 spiro atoms. The molecule has 11 heteroatoms. The van der Waals surface area contributed by atoms with Crippen molar-refractivity contribution in [1.82, 2.24) is 0 Å². The molecule has 1 aliphatic rings. The zero-order valence-electron chi connectivity index (χ0n) is 15.4. The predicted octanol–water partition coefficient (Wildman–Crippen LogP) is 3.87. The molecule has 0 radical (unpaired) electrons. The maximum atomic E-state index is 12.7. The van der Waals surface area contributed by atoms with Gasteiger partial charge in [-0.3, -0.25) is 25.0 Å². The van der Waals surface area contributed by atoms with E-state index in [4.69, 9.17) is 4.74 Å². The number of rotatable bonds is 5. The van der Waals surface area contributed by atoms with Gasteiger partial charge in [0.25, 0.3) is 17.3 Å². The van der Waals surface area contributed by atoms with Crippen LogP contribution in [-0.2, 0) is 17.6 Å². The summed E-state index contributed by atoms with van der Waals surface area (Å²) in [7, 11) is 1.25. The summed E-state index contributed by atoms with van der Waals surface area (Å²) in [5, 5.41) is 25.0. The Bertz CT molecular complexity index is 1020. The van der Waals surface area contributed by atoms with Gasteiger partial charge in [0.2, 0.25) is 0 Å². The Morgan fingerprint density at radius 3 is 2.48 bits per heavy atom. The van der Waals surface area contributed by atoms with Crippen LogP contribution in [0.1, 0.15) is 50.4 Å². The molecule has 1 N–H and O–H groups in total. The van der Waals surface area contributed by atoms with E-state index in [-0.39, 0.29) is 16.1 Å². The SMILES string of the molecule is COC(=O)c1c(NC(=O)c2ccc([N+](=O)[O-])cc2[N+](=O)[O-])sc2c1CCCCC2. The number of aryl methyl sites for hydroxylation is 1. The van der Waals surface area contributed by atoms with Crippen molar-refractivity contribution in [1.29, 1.82) is 0 Å². The Balaban J connectivity index is 2.00. The van der Waals surface area contributed by atoms with E-state index in [2.05, 4.69) is 5.32 Å². The van der Waals surface area contributed by atoms with Crippen molar-refractivity contribution < 1.29 is 24.2 Å². The lowest BCUT2D eigenvalue weighted by Gasteiger charge is -2.08. The number of ether oxygens (including phenoxy) is 1. The van der Waals surface area contributed by atoms with Crippen LogP contribution in [0.4, 0.5) is 16.4 Å². The molecule has 1 aromatic heterocycles. The van der Waals surface area contributed by atoms with Gasteiger partial charge >= 0.3 is 5.97 Å². The van der Waals surface area contributed by atoms with Crippen LogP contribution in [0.15, 0.2) is 18.2 Å². The van der Waals surface area contributed by atoms with E-state index >= 15 is 0 Å². The molecular weight excluding hydrogens is 402 g/mol. The van der Waals surface area contributed by atoms with E-state index in [9.17, 15) is 29.8 Å². The van der Waals surface area contributed by atoms with Crippen LogP contribution in [0.2, 0.25) is 0 Å². The van der Waals surface area contributed by atoms with Crippen LogP contribution >= 0.6 is 11.3 Å². The summed E-state index contributed by atoms with van der Waals surface area (Å²) < 4.78 is 4.87. The van der Waals surface area contributed by atoms with E-state index in [1.807, 2.05) is 0 Å². The molecule has 1 aromatic carbocycles. The number of hydrogen-bond acceptors (Lipinski definition) is 8. The summed E-state index contributed by atoms with van der Waals surface area (Å²) in [5.74, 6) is -1.41. The molecule has 0 atom stereocenters. The number of nitro benzene ring substituents is 2. The van der Waals surface area contributed by atoms with Gasteiger partial charge in [0.15, 0.2) is 0 Å². The largest absolute Gasteiger partial charge is 0.465 e. The Morgan fingerprint density at radius 1 is 1.10 bits per heavy atom. The maximum Gasteiger partial charge on any atom is 0.341 e. The highest BCUT2D eigenvalue weighted by molar-refractivity contribution is 7.17. The van der Waals surface area contributed by atoms with Crippen molar-refractivity contribution in [3.8, 4) is 0 Å². The maximum absolute atomic E-state index is 12.7. The fourth-order valence-corrected chi connectivity index (χ4v) is 4.57. The quantitative estimate of drug-likeness (QED) is 0.335. The normalized spacial score (nSPS) is 13.1. The second kappa shape index (κ2) is 8.35. The molecule has 0 unspecified atom stereocenters. The van der Waals surface area contributed by atoms with Crippen LogP contribution in [0.25, 0.3) is 0 Å². The van der Waals surface area contributed by atoms with E-state index in [1.165, 1.54) is 18.4 Å². The molecule has 1 aliphatic carbocycles. The minimum Gasteiger partial charge on any atom is -0.465 e. The third-order valence-electron chi connectivity index (χ3n) is 4.67. The highest BCUT2D eigenvalue weighted by Gasteiger charge is 2.29. The second-order valence-electron chi connectivity index (χ2n) is 6.43. The Kier molecular flexibility index (Phi) is 5.87. The first-order chi connectivity index (χ1) is 13.8. The number of nitrogens with zero attached hydrogens (tertiary/aromatic N) is 2. The number of esters is 1. The number of nitrogens with one attached hydrogen (secondary N) is 1. The zero-order valence-corrected chi connectivity index (χ0v) is 16.2. The Morgan fingerprint density at radius 2 is 1.83 bits per heavy atom. The number of benzene rings is 1. The van der Waals surface area contributed by atoms with Gasteiger partial charge in [-0.1, -0.05) is 6.42 Å². The molecule has 29 heavy (non-hydrogen) atoms. The highest BCUT2D eigenvalue weighted by atomic mass is 32.1. The molecule has 0 aliphatic heterocycles. The van der Waals surface area contributed by atoms with E-state index in [0.717, 1.165) is 54.3 Å². The number of non-ortho nitro benzene ring substituents is 1. The summed E-state index contributed by atoms with van der Waals surface area (Å²) in [4.78, 5) is 46.6. The first-order valence-corrected chi connectivity index (χ1v) is 9.62.